The quantitative estimate of drug-likeness (QED) is 0.0912. The minimum absolute atomic E-state index is 0. The van der Waals surface area contributed by atoms with E-state index in [1.165, 1.54) is 0 Å². The van der Waals surface area contributed by atoms with Gasteiger partial charge in [0.1, 0.15) is 5.69 Å². The fraction of sp³-hybridized carbons (Fsp3) is 0.116. The number of para-hydroxylation sites is 1. The van der Waals surface area contributed by atoms with Crippen LogP contribution in [0.4, 0.5) is 5.69 Å². The van der Waals surface area contributed by atoms with Crippen molar-refractivity contribution in [2.75, 3.05) is 7.05 Å². The average Bonchev–Trinajstić information content (AvgIpc) is 3.81. The van der Waals surface area contributed by atoms with Crippen LogP contribution in [0.3, 0.4) is 0 Å². The van der Waals surface area contributed by atoms with Gasteiger partial charge in [-0.15, -0.1) is 48.0 Å². The number of hydrogen-bond acceptors (Lipinski definition) is 3. The van der Waals surface area contributed by atoms with E-state index in [9.17, 15) is 0 Å². The molecule has 0 bridgehead atoms. The van der Waals surface area contributed by atoms with Crippen LogP contribution in [0, 0.1) is 42.8 Å². The molecule has 0 amide bonds. The van der Waals surface area contributed by atoms with Gasteiger partial charge in [-0.05, 0) is 12.1 Å². The Bertz CT molecular complexity index is 2230. The molecule has 0 radical (unpaired) electrons. The first kappa shape index (κ1) is 38.8. The minimum Gasteiger partial charge on any atom is -0.669 e. The van der Waals surface area contributed by atoms with Crippen molar-refractivity contribution >= 4 is 11.7 Å². The summed E-state index contributed by atoms with van der Waals surface area (Å²) in [7, 11) is 1.93. The number of nitrogens with zero attached hydrogens (tertiary/aromatic N) is 4. The number of ether oxygens (including phenoxy) is 2. The summed E-state index contributed by atoms with van der Waals surface area (Å²) >= 11 is 0. The van der Waals surface area contributed by atoms with Gasteiger partial charge in [0.15, 0.2) is 7.05 Å². The molecule has 2 aromatic heterocycles. The minimum atomic E-state index is -0.260. The molecule has 0 fully saturated rings. The monoisotopic (exact) mass is 1030 g/mol. The number of rotatable bonds is 7. The van der Waals surface area contributed by atoms with E-state index in [0.29, 0.717) is 23.0 Å². The molecule has 7 rings (SSSR count). The molecule has 0 spiro atoms. The standard InChI is InChI=1S/C37H28N3O2.C6H4N.2Pt/c1-37(2,3)35-34(27-11-8-16-31(23-27)41-30-14-6-5-7-15-30)19-20-38-36(35)28-12-9-17-32(24-28)42-33-18-10-13-29(25-33)40-22-21-39(4)26-40;1-2-7-5-3-4-6-7;;/h5-14,16-18,20-22H,1-4H3;3-6H;;/q-3;-1;+2;+4. The van der Waals surface area contributed by atoms with Gasteiger partial charge in [0.05, 0.1) is 0 Å². The van der Waals surface area contributed by atoms with E-state index >= 15 is 0 Å². The molecular weight excluding hydrogens is 995 g/mol. The van der Waals surface area contributed by atoms with Crippen LogP contribution in [0.5, 0.6) is 23.0 Å². The summed E-state index contributed by atoms with van der Waals surface area (Å²) < 4.78 is 17.5. The first-order chi connectivity index (χ1) is 23.8. The van der Waals surface area contributed by atoms with E-state index in [2.05, 4.69) is 63.2 Å². The Balaban J connectivity index is 0.000000581. The van der Waals surface area contributed by atoms with Crippen molar-refractivity contribution in [3.63, 3.8) is 0 Å². The second-order valence-electron chi connectivity index (χ2n) is 12.0. The maximum atomic E-state index is 6.57. The summed E-state index contributed by atoms with van der Waals surface area (Å²) in [5.41, 5.74) is 5.01. The molecule has 254 valence electrons. The fourth-order valence-corrected chi connectivity index (χ4v) is 5.12. The number of benzene rings is 4. The zero-order valence-electron chi connectivity index (χ0n) is 28.3. The second-order valence-corrected chi connectivity index (χ2v) is 12.0. The molecule has 0 saturated carbocycles. The van der Waals surface area contributed by atoms with Gasteiger partial charge in [0.2, 0.25) is 6.20 Å². The van der Waals surface area contributed by atoms with Crippen molar-refractivity contribution in [1.82, 2.24) is 9.55 Å². The molecule has 1 aliphatic rings. The molecule has 3 heterocycles. The molecule has 0 atom stereocenters. The molecule has 0 unspecified atom stereocenters. The Morgan fingerprint density at radius 2 is 1.39 bits per heavy atom. The van der Waals surface area contributed by atoms with E-state index in [0.717, 1.165) is 33.6 Å². The van der Waals surface area contributed by atoms with Crippen LogP contribution in [0.1, 0.15) is 26.3 Å². The van der Waals surface area contributed by atoms with Gasteiger partial charge in [-0.1, -0.05) is 65.4 Å². The summed E-state index contributed by atoms with van der Waals surface area (Å²) in [6, 6.07) is 50.7. The van der Waals surface area contributed by atoms with E-state index in [-0.39, 0.29) is 47.5 Å². The van der Waals surface area contributed by atoms with Crippen LogP contribution < -0.4 is 9.47 Å². The summed E-state index contributed by atoms with van der Waals surface area (Å²) in [5.74, 6) is 2.39. The zero-order valence-corrected chi connectivity index (χ0v) is 32.8. The maximum absolute atomic E-state index is 6.57. The molecule has 6 nitrogen and oxygen atoms in total. The third-order valence-corrected chi connectivity index (χ3v) is 7.27. The number of hydrogen-bond donors (Lipinski definition) is 0. The summed E-state index contributed by atoms with van der Waals surface area (Å²) in [4.78, 5) is 4.79. The number of aromatic nitrogens is 2. The number of pyridine rings is 1. The third kappa shape index (κ3) is 10.0. The summed E-state index contributed by atoms with van der Waals surface area (Å²) in [6.45, 7) is 6.51. The van der Waals surface area contributed by atoms with Gasteiger partial charge in [0, 0.05) is 35.4 Å². The molecule has 51 heavy (non-hydrogen) atoms. The van der Waals surface area contributed by atoms with Crippen LogP contribution in [0.15, 0.2) is 122 Å². The Hall–Kier alpha value is -5.03. The van der Waals surface area contributed by atoms with E-state index < -0.39 is 0 Å². The normalized spacial score (nSPS) is 11.4. The first-order valence-electron chi connectivity index (χ1n) is 15.6. The largest absolute Gasteiger partial charge is 4.00 e. The van der Waals surface area contributed by atoms with E-state index in [4.69, 9.17) is 20.9 Å². The zero-order chi connectivity index (χ0) is 34.2. The van der Waals surface area contributed by atoms with Gasteiger partial charge in [-0.2, -0.15) is 36.4 Å². The SMILES string of the molecule is C[N+]1=C=[N+](c2[c-]c(Oc3[c-]c(-c4nc[c-]c(-c5[c-]c(Oc6[c-]cccc6)ccc5)c4C(C)(C)C)ccc3)ccc2)C=C1.[C-]#Cn1cccc1.[Pt+2].[Pt+4]. The second kappa shape index (κ2) is 17.8. The van der Waals surface area contributed by atoms with Crippen LogP contribution in [-0.2, 0) is 47.5 Å². The smallest absolute Gasteiger partial charge is 0.669 e. The maximum Gasteiger partial charge on any atom is 4.00 e. The van der Waals surface area contributed by atoms with Crippen LogP contribution >= 0.6 is 0 Å². The topological polar surface area (TPSA) is 42.3 Å². The Labute approximate surface area is 329 Å². The predicted molar refractivity (Wildman–Crippen MR) is 188 cm³/mol. The van der Waals surface area contributed by atoms with Gasteiger partial charge in [0.25, 0.3) is 6.20 Å². The van der Waals surface area contributed by atoms with Gasteiger partial charge < -0.3 is 25.4 Å². The van der Waals surface area contributed by atoms with Crippen LogP contribution in [0.25, 0.3) is 22.4 Å². The molecule has 0 aliphatic carbocycles. The van der Waals surface area contributed by atoms with Gasteiger partial charge >= 0.3 is 48.1 Å². The first-order valence-corrected chi connectivity index (χ1v) is 15.6. The molecule has 8 heteroatoms. The molecule has 6 aromatic rings. The van der Waals surface area contributed by atoms with Crippen molar-refractivity contribution in [2.24, 2.45) is 0 Å². The van der Waals surface area contributed by atoms with E-state index in [1.807, 2.05) is 120 Å². The van der Waals surface area contributed by atoms with Gasteiger partial charge in [-0.25, -0.2) is 23.7 Å². The van der Waals surface area contributed by atoms with Gasteiger partial charge in [-0.3, -0.25) is 11.1 Å². The van der Waals surface area contributed by atoms with Crippen molar-refractivity contribution < 1.29 is 60.8 Å². The van der Waals surface area contributed by atoms with Crippen molar-refractivity contribution in [2.45, 2.75) is 26.2 Å². The average molecular weight is 1030 g/mol. The Morgan fingerprint density at radius 3 is 2.00 bits per heavy atom. The fourth-order valence-electron chi connectivity index (χ4n) is 5.12. The Kier molecular flexibility index (Phi) is 13.5. The van der Waals surface area contributed by atoms with Crippen LogP contribution in [-0.4, -0.2) is 31.8 Å². The van der Waals surface area contributed by atoms with E-state index in [1.54, 1.807) is 23.2 Å². The van der Waals surface area contributed by atoms with Crippen molar-refractivity contribution in [3.05, 3.63) is 164 Å². The summed E-state index contributed by atoms with van der Waals surface area (Å²) in [6.07, 6.45) is 15.6. The predicted octanol–water partition coefficient (Wildman–Crippen LogP) is 9.12. The molecule has 0 saturated heterocycles. The molecule has 4 aromatic carbocycles. The van der Waals surface area contributed by atoms with Crippen molar-refractivity contribution in [3.8, 4) is 51.4 Å². The summed E-state index contributed by atoms with van der Waals surface area (Å²) in [5, 5.41) is 0. The molecular formula is C43H32N4O2Pt2+2. The molecule has 0 N–H and O–H groups in total. The molecule has 1 aliphatic heterocycles. The third-order valence-electron chi connectivity index (χ3n) is 7.27. The van der Waals surface area contributed by atoms with Crippen LogP contribution in [0.2, 0.25) is 0 Å². The Morgan fingerprint density at radius 1 is 0.765 bits per heavy atom. The van der Waals surface area contributed by atoms with Crippen molar-refractivity contribution in [1.29, 1.82) is 0 Å².